The van der Waals surface area contributed by atoms with Gasteiger partial charge in [-0.3, -0.25) is 0 Å². The SMILES string of the molecule is c1ccc(-c2c(N(c3ccc(-c4ccc5ccccc5c4)cc3)c3ccc(-c4cc5ccccc5c5ccccc45)cc3)c3ccccc3c3ccccc23)cc1. The van der Waals surface area contributed by atoms with E-state index in [1.54, 1.807) is 0 Å². The Hall–Kier alpha value is -7.48. The Morgan fingerprint density at radius 2 is 0.719 bits per heavy atom. The standard InChI is InChI=1S/C56H37N/c1-2-15-41(16-3-1)55-52-24-12-10-21-49(52)50-22-11-13-25-53(50)56(55)57(45-32-28-39(29-33-45)43-27-26-38-14-4-5-17-42(38)36-43)46-34-30-40(31-35-46)54-37-44-18-6-7-19-47(44)48-20-8-9-23-51(48)54/h1-37H. The average molecular weight is 724 g/mol. The number of hydrogen-bond acceptors (Lipinski definition) is 1. The largest absolute Gasteiger partial charge is 0.309 e. The number of anilines is 3. The Balaban J connectivity index is 1.15. The van der Waals surface area contributed by atoms with E-state index in [0.717, 1.165) is 17.1 Å². The smallest absolute Gasteiger partial charge is 0.0624 e. The van der Waals surface area contributed by atoms with E-state index in [-0.39, 0.29) is 0 Å². The minimum atomic E-state index is 1.10. The Kier molecular flexibility index (Phi) is 7.89. The van der Waals surface area contributed by atoms with Gasteiger partial charge >= 0.3 is 0 Å². The third-order valence-electron chi connectivity index (χ3n) is 11.6. The summed E-state index contributed by atoms with van der Waals surface area (Å²) in [6, 6.07) is 82.1. The van der Waals surface area contributed by atoms with Crippen molar-refractivity contribution in [3.05, 3.63) is 224 Å². The summed E-state index contributed by atoms with van der Waals surface area (Å²) in [5, 5.41) is 12.5. The zero-order valence-electron chi connectivity index (χ0n) is 31.3. The normalized spacial score (nSPS) is 11.5. The van der Waals surface area contributed by atoms with Crippen LogP contribution in [0.15, 0.2) is 224 Å². The van der Waals surface area contributed by atoms with E-state index in [2.05, 4.69) is 229 Å². The van der Waals surface area contributed by atoms with Crippen LogP contribution in [-0.2, 0) is 0 Å². The highest BCUT2D eigenvalue weighted by Crippen LogP contribution is 2.50. The van der Waals surface area contributed by atoms with Gasteiger partial charge in [0.05, 0.1) is 5.69 Å². The summed E-state index contributed by atoms with van der Waals surface area (Å²) in [6.07, 6.45) is 0. The first-order valence-corrected chi connectivity index (χ1v) is 19.7. The lowest BCUT2D eigenvalue weighted by Gasteiger charge is -2.31. The van der Waals surface area contributed by atoms with E-state index >= 15 is 0 Å². The van der Waals surface area contributed by atoms with Gasteiger partial charge in [-0.05, 0) is 113 Å². The molecule has 0 aliphatic carbocycles. The molecule has 11 aromatic rings. The molecule has 0 N–H and O–H groups in total. The first-order chi connectivity index (χ1) is 28.3. The van der Waals surface area contributed by atoms with Crippen LogP contribution in [0.3, 0.4) is 0 Å². The second-order valence-corrected chi connectivity index (χ2v) is 14.9. The molecule has 57 heavy (non-hydrogen) atoms. The van der Waals surface area contributed by atoms with Crippen LogP contribution in [-0.4, -0.2) is 0 Å². The third-order valence-corrected chi connectivity index (χ3v) is 11.6. The van der Waals surface area contributed by atoms with Crippen LogP contribution in [0.5, 0.6) is 0 Å². The van der Waals surface area contributed by atoms with Crippen LogP contribution in [0.1, 0.15) is 0 Å². The number of hydrogen-bond donors (Lipinski definition) is 0. The maximum absolute atomic E-state index is 2.48. The van der Waals surface area contributed by atoms with E-state index in [1.165, 1.54) is 87.2 Å². The zero-order valence-corrected chi connectivity index (χ0v) is 31.3. The van der Waals surface area contributed by atoms with Crippen LogP contribution < -0.4 is 4.90 Å². The number of rotatable bonds is 6. The summed E-state index contributed by atoms with van der Waals surface area (Å²) >= 11 is 0. The molecule has 0 saturated carbocycles. The van der Waals surface area contributed by atoms with Gasteiger partial charge in [0.15, 0.2) is 0 Å². The summed E-state index contributed by atoms with van der Waals surface area (Å²) in [5.74, 6) is 0. The Morgan fingerprint density at radius 1 is 0.246 bits per heavy atom. The second-order valence-electron chi connectivity index (χ2n) is 14.9. The zero-order chi connectivity index (χ0) is 37.7. The van der Waals surface area contributed by atoms with E-state index < -0.39 is 0 Å². The molecule has 0 spiro atoms. The molecule has 0 amide bonds. The molecule has 11 aromatic carbocycles. The van der Waals surface area contributed by atoms with E-state index in [0.29, 0.717) is 0 Å². The van der Waals surface area contributed by atoms with Crippen molar-refractivity contribution in [1.82, 2.24) is 0 Å². The lowest BCUT2D eigenvalue weighted by atomic mass is 9.89. The number of benzene rings is 11. The highest BCUT2D eigenvalue weighted by molar-refractivity contribution is 6.22. The van der Waals surface area contributed by atoms with Gasteiger partial charge in [-0.2, -0.15) is 0 Å². The van der Waals surface area contributed by atoms with Gasteiger partial charge < -0.3 is 4.90 Å². The van der Waals surface area contributed by atoms with Crippen molar-refractivity contribution in [2.24, 2.45) is 0 Å². The Bertz CT molecular complexity index is 3270. The van der Waals surface area contributed by atoms with Crippen molar-refractivity contribution >= 4 is 70.9 Å². The molecule has 1 heteroatoms. The molecule has 0 aliphatic heterocycles. The fourth-order valence-corrected chi connectivity index (χ4v) is 8.91. The van der Waals surface area contributed by atoms with Crippen LogP contribution in [0, 0.1) is 0 Å². The fourth-order valence-electron chi connectivity index (χ4n) is 8.91. The molecule has 0 bridgehead atoms. The van der Waals surface area contributed by atoms with E-state index in [4.69, 9.17) is 0 Å². The van der Waals surface area contributed by atoms with Gasteiger partial charge in [0.2, 0.25) is 0 Å². The quantitative estimate of drug-likeness (QED) is 0.154. The molecule has 0 fully saturated rings. The van der Waals surface area contributed by atoms with Crippen LogP contribution in [0.25, 0.3) is 87.2 Å². The molecule has 0 heterocycles. The monoisotopic (exact) mass is 723 g/mol. The van der Waals surface area contributed by atoms with Crippen molar-refractivity contribution < 1.29 is 0 Å². The highest BCUT2D eigenvalue weighted by atomic mass is 15.1. The maximum atomic E-state index is 2.48. The second kappa shape index (κ2) is 13.7. The van der Waals surface area contributed by atoms with Gasteiger partial charge in [0.25, 0.3) is 0 Å². The van der Waals surface area contributed by atoms with Crippen molar-refractivity contribution in [1.29, 1.82) is 0 Å². The van der Waals surface area contributed by atoms with Gasteiger partial charge in [0, 0.05) is 22.3 Å². The van der Waals surface area contributed by atoms with Crippen LogP contribution >= 0.6 is 0 Å². The lowest BCUT2D eigenvalue weighted by molar-refractivity contribution is 1.30. The molecule has 0 saturated heterocycles. The Labute approximate surface area is 332 Å². The van der Waals surface area contributed by atoms with Crippen LogP contribution in [0.2, 0.25) is 0 Å². The molecule has 11 rings (SSSR count). The molecule has 0 aliphatic rings. The molecular weight excluding hydrogens is 687 g/mol. The first kappa shape index (κ1) is 32.9. The predicted molar refractivity (Wildman–Crippen MR) is 245 cm³/mol. The summed E-state index contributed by atoms with van der Waals surface area (Å²) in [7, 11) is 0. The molecular formula is C56H37N. The number of fused-ring (bicyclic) bond motifs is 7. The molecule has 0 radical (unpaired) electrons. The van der Waals surface area contributed by atoms with Crippen molar-refractivity contribution in [3.8, 4) is 33.4 Å². The van der Waals surface area contributed by atoms with Gasteiger partial charge in [-0.1, -0.05) is 188 Å². The molecule has 1 nitrogen and oxygen atoms in total. The summed E-state index contributed by atoms with van der Waals surface area (Å²) < 4.78 is 0. The maximum Gasteiger partial charge on any atom is 0.0624 e. The fraction of sp³-hybridized carbons (Fsp3) is 0. The highest BCUT2D eigenvalue weighted by Gasteiger charge is 2.24. The molecule has 0 aromatic heterocycles. The summed E-state index contributed by atoms with van der Waals surface area (Å²) in [5.41, 5.74) is 10.6. The van der Waals surface area contributed by atoms with Gasteiger partial charge in [-0.25, -0.2) is 0 Å². The van der Waals surface area contributed by atoms with Crippen LogP contribution in [0.4, 0.5) is 17.1 Å². The molecule has 266 valence electrons. The van der Waals surface area contributed by atoms with Gasteiger partial charge in [-0.15, -0.1) is 0 Å². The van der Waals surface area contributed by atoms with E-state index in [9.17, 15) is 0 Å². The van der Waals surface area contributed by atoms with Gasteiger partial charge in [0.1, 0.15) is 0 Å². The minimum absolute atomic E-state index is 1.10. The predicted octanol–water partition coefficient (Wildman–Crippen LogP) is 15.9. The molecule has 0 unspecified atom stereocenters. The summed E-state index contributed by atoms with van der Waals surface area (Å²) in [4.78, 5) is 2.48. The first-order valence-electron chi connectivity index (χ1n) is 19.7. The lowest BCUT2D eigenvalue weighted by Crippen LogP contribution is -2.12. The average Bonchev–Trinajstić information content (AvgIpc) is 3.29. The number of nitrogens with zero attached hydrogens (tertiary/aromatic N) is 1. The Morgan fingerprint density at radius 3 is 1.40 bits per heavy atom. The molecule has 0 atom stereocenters. The summed E-state index contributed by atoms with van der Waals surface area (Å²) in [6.45, 7) is 0. The third kappa shape index (κ3) is 5.63. The van der Waals surface area contributed by atoms with Crippen molar-refractivity contribution in [2.45, 2.75) is 0 Å². The van der Waals surface area contributed by atoms with E-state index in [1.807, 2.05) is 0 Å². The minimum Gasteiger partial charge on any atom is -0.309 e. The van der Waals surface area contributed by atoms with Crippen molar-refractivity contribution in [2.75, 3.05) is 4.90 Å². The van der Waals surface area contributed by atoms with Crippen molar-refractivity contribution in [3.63, 3.8) is 0 Å². The topological polar surface area (TPSA) is 3.24 Å².